The highest BCUT2D eigenvalue weighted by molar-refractivity contribution is 7.14. The van der Waals surface area contributed by atoms with Gasteiger partial charge in [0.25, 0.3) is 0 Å². The lowest BCUT2D eigenvalue weighted by molar-refractivity contribution is -0.116. The summed E-state index contributed by atoms with van der Waals surface area (Å²) in [6.45, 7) is 1.44. The number of Topliss-reactive ketones (excluding diaryl/α,β-unsaturated/α-hetero) is 1. The highest BCUT2D eigenvalue weighted by atomic mass is 32.1. The number of carbonyl (C=O) groups is 2. The Morgan fingerprint density at radius 1 is 1.26 bits per heavy atom. The molecule has 0 unspecified atom stereocenters. The Kier molecular flexibility index (Phi) is 5.70. The van der Waals surface area contributed by atoms with Crippen molar-refractivity contribution < 1.29 is 19.1 Å². The molecule has 6 nitrogen and oxygen atoms in total. The lowest BCUT2D eigenvalue weighted by atomic mass is 10.1. The summed E-state index contributed by atoms with van der Waals surface area (Å²) in [7, 11) is 3.18. The lowest BCUT2D eigenvalue weighted by Crippen LogP contribution is -2.12. The molecule has 0 bridgehead atoms. The van der Waals surface area contributed by atoms with E-state index in [1.807, 2.05) is 12.1 Å². The third-order valence-electron chi connectivity index (χ3n) is 3.22. The van der Waals surface area contributed by atoms with E-state index in [4.69, 9.17) is 9.47 Å². The van der Waals surface area contributed by atoms with E-state index in [1.54, 1.807) is 25.7 Å². The first kappa shape index (κ1) is 17.0. The number of benzene rings is 1. The second-order valence-electron chi connectivity index (χ2n) is 4.82. The minimum absolute atomic E-state index is 0.122. The molecule has 23 heavy (non-hydrogen) atoms. The highest BCUT2D eigenvalue weighted by Crippen LogP contribution is 2.25. The van der Waals surface area contributed by atoms with E-state index in [1.165, 1.54) is 18.3 Å². The molecular formula is C16H18N2O4S. The first-order valence-electron chi connectivity index (χ1n) is 7.00. The zero-order valence-corrected chi connectivity index (χ0v) is 14.0. The zero-order valence-electron chi connectivity index (χ0n) is 13.2. The van der Waals surface area contributed by atoms with E-state index in [-0.39, 0.29) is 18.1 Å². The Hall–Kier alpha value is -2.41. The number of ether oxygens (including phenoxy) is 2. The molecule has 1 amide bonds. The average Bonchev–Trinajstić information content (AvgIpc) is 3.01. The molecule has 0 radical (unpaired) electrons. The standard InChI is InChI=1S/C16H18N2O4S/c1-10(19)13-9-23-16(17-13)18-15(20)7-4-11-8-12(21-2)5-6-14(11)22-3/h5-6,8-9H,4,7H2,1-3H3,(H,17,18,20). The summed E-state index contributed by atoms with van der Waals surface area (Å²) in [4.78, 5) is 27.3. The Labute approximate surface area is 138 Å². The number of aryl methyl sites for hydroxylation is 1. The van der Waals surface area contributed by atoms with Crippen molar-refractivity contribution in [2.75, 3.05) is 19.5 Å². The van der Waals surface area contributed by atoms with Gasteiger partial charge in [-0.3, -0.25) is 9.59 Å². The Morgan fingerprint density at radius 2 is 2.04 bits per heavy atom. The van der Waals surface area contributed by atoms with E-state index in [0.29, 0.717) is 28.7 Å². The second-order valence-corrected chi connectivity index (χ2v) is 5.68. The number of anilines is 1. The van der Waals surface area contributed by atoms with Gasteiger partial charge in [0.2, 0.25) is 5.91 Å². The molecule has 0 fully saturated rings. The van der Waals surface area contributed by atoms with E-state index in [2.05, 4.69) is 10.3 Å². The van der Waals surface area contributed by atoms with Crippen molar-refractivity contribution in [3.8, 4) is 11.5 Å². The number of hydrogen-bond acceptors (Lipinski definition) is 6. The number of thiazole rings is 1. The second kappa shape index (κ2) is 7.73. The molecule has 0 aliphatic heterocycles. The van der Waals surface area contributed by atoms with Crippen LogP contribution in [0.5, 0.6) is 11.5 Å². The Balaban J connectivity index is 1.97. The molecule has 7 heteroatoms. The first-order valence-corrected chi connectivity index (χ1v) is 7.88. The van der Waals surface area contributed by atoms with Crippen molar-refractivity contribution >= 4 is 28.2 Å². The molecule has 0 spiro atoms. The molecule has 0 atom stereocenters. The Morgan fingerprint density at radius 3 is 2.65 bits per heavy atom. The van der Waals surface area contributed by atoms with Crippen LogP contribution >= 0.6 is 11.3 Å². The normalized spacial score (nSPS) is 10.2. The fraction of sp³-hybridized carbons (Fsp3) is 0.312. The summed E-state index contributed by atoms with van der Waals surface area (Å²) in [6.07, 6.45) is 0.787. The maximum Gasteiger partial charge on any atom is 0.226 e. The van der Waals surface area contributed by atoms with Crippen molar-refractivity contribution in [3.05, 3.63) is 34.8 Å². The zero-order chi connectivity index (χ0) is 16.8. The van der Waals surface area contributed by atoms with Crippen LogP contribution in [0.4, 0.5) is 5.13 Å². The van der Waals surface area contributed by atoms with Gasteiger partial charge >= 0.3 is 0 Å². The summed E-state index contributed by atoms with van der Waals surface area (Å²) < 4.78 is 10.5. The molecule has 1 aromatic heterocycles. The van der Waals surface area contributed by atoms with Crippen molar-refractivity contribution in [1.82, 2.24) is 4.98 Å². The SMILES string of the molecule is COc1ccc(OC)c(CCC(=O)Nc2nc(C(C)=O)cs2)c1. The number of aromatic nitrogens is 1. The summed E-state index contributed by atoms with van der Waals surface area (Å²) in [6, 6.07) is 5.47. The summed E-state index contributed by atoms with van der Waals surface area (Å²) >= 11 is 1.23. The van der Waals surface area contributed by atoms with Gasteiger partial charge in [-0.2, -0.15) is 0 Å². The average molecular weight is 334 g/mol. The van der Waals surface area contributed by atoms with Crippen molar-refractivity contribution in [1.29, 1.82) is 0 Å². The van der Waals surface area contributed by atoms with Crippen LogP contribution in [-0.2, 0) is 11.2 Å². The highest BCUT2D eigenvalue weighted by Gasteiger charge is 2.11. The smallest absolute Gasteiger partial charge is 0.226 e. The largest absolute Gasteiger partial charge is 0.497 e. The monoisotopic (exact) mass is 334 g/mol. The van der Waals surface area contributed by atoms with Crippen LogP contribution in [0.25, 0.3) is 0 Å². The molecule has 0 saturated carbocycles. The minimum atomic E-state index is -0.167. The maximum absolute atomic E-state index is 12.0. The number of rotatable bonds is 7. The molecule has 0 saturated heterocycles. The van der Waals surface area contributed by atoms with Crippen LogP contribution in [0.15, 0.2) is 23.6 Å². The van der Waals surface area contributed by atoms with Crippen LogP contribution in [0.2, 0.25) is 0 Å². The molecule has 1 heterocycles. The predicted molar refractivity (Wildman–Crippen MR) is 88.6 cm³/mol. The number of methoxy groups -OCH3 is 2. The summed E-state index contributed by atoms with van der Waals surface area (Å²) in [5.74, 6) is 1.14. The van der Waals surface area contributed by atoms with Crippen molar-refractivity contribution in [2.45, 2.75) is 19.8 Å². The molecule has 1 N–H and O–H groups in total. The van der Waals surface area contributed by atoms with Gasteiger partial charge in [0.15, 0.2) is 10.9 Å². The number of nitrogens with zero attached hydrogens (tertiary/aromatic N) is 1. The molecule has 122 valence electrons. The van der Waals surface area contributed by atoms with Crippen LogP contribution < -0.4 is 14.8 Å². The predicted octanol–water partition coefficient (Wildman–Crippen LogP) is 2.93. The van der Waals surface area contributed by atoms with Gasteiger partial charge < -0.3 is 14.8 Å². The van der Waals surface area contributed by atoms with Gasteiger partial charge in [-0.05, 0) is 30.2 Å². The van der Waals surface area contributed by atoms with E-state index >= 15 is 0 Å². The van der Waals surface area contributed by atoms with Gasteiger partial charge in [-0.15, -0.1) is 11.3 Å². The van der Waals surface area contributed by atoms with Gasteiger partial charge in [0.05, 0.1) is 14.2 Å². The number of hydrogen-bond donors (Lipinski definition) is 1. The summed E-state index contributed by atoms with van der Waals surface area (Å²) in [5.41, 5.74) is 1.25. The van der Waals surface area contributed by atoms with Gasteiger partial charge in [-0.1, -0.05) is 0 Å². The molecule has 0 aliphatic carbocycles. The molecular weight excluding hydrogens is 316 g/mol. The van der Waals surface area contributed by atoms with Gasteiger partial charge in [0.1, 0.15) is 17.2 Å². The lowest BCUT2D eigenvalue weighted by Gasteiger charge is -2.10. The van der Waals surface area contributed by atoms with Crippen molar-refractivity contribution in [2.24, 2.45) is 0 Å². The number of carbonyl (C=O) groups excluding carboxylic acids is 2. The summed E-state index contributed by atoms with van der Waals surface area (Å²) in [5, 5.41) is 4.75. The third-order valence-corrected chi connectivity index (χ3v) is 3.98. The first-order chi connectivity index (χ1) is 11.0. The number of nitrogens with one attached hydrogen (secondary N) is 1. The van der Waals surface area contributed by atoms with Crippen molar-refractivity contribution in [3.63, 3.8) is 0 Å². The molecule has 0 aliphatic rings. The fourth-order valence-corrected chi connectivity index (χ4v) is 2.77. The quantitative estimate of drug-likeness (QED) is 0.788. The van der Waals surface area contributed by atoms with Crippen LogP contribution in [0, 0.1) is 0 Å². The van der Waals surface area contributed by atoms with E-state index in [9.17, 15) is 9.59 Å². The maximum atomic E-state index is 12.0. The molecule has 2 rings (SSSR count). The van der Waals surface area contributed by atoms with Gasteiger partial charge in [0, 0.05) is 18.7 Å². The minimum Gasteiger partial charge on any atom is -0.497 e. The third kappa shape index (κ3) is 4.53. The topological polar surface area (TPSA) is 77.5 Å². The van der Waals surface area contributed by atoms with Crippen LogP contribution in [0.3, 0.4) is 0 Å². The van der Waals surface area contributed by atoms with Gasteiger partial charge in [-0.25, -0.2) is 4.98 Å². The van der Waals surface area contributed by atoms with E-state index in [0.717, 1.165) is 5.56 Å². The Bertz CT molecular complexity index is 712. The molecule has 2 aromatic rings. The molecule has 1 aromatic carbocycles. The fourth-order valence-electron chi connectivity index (χ4n) is 2.00. The van der Waals surface area contributed by atoms with E-state index < -0.39 is 0 Å². The van der Waals surface area contributed by atoms with Crippen LogP contribution in [0.1, 0.15) is 29.4 Å². The van der Waals surface area contributed by atoms with Crippen LogP contribution in [-0.4, -0.2) is 30.9 Å². The number of ketones is 1. The number of amides is 1.